The van der Waals surface area contributed by atoms with E-state index in [2.05, 4.69) is 240 Å². The zero-order valence-electron chi connectivity index (χ0n) is 73.9. The second kappa shape index (κ2) is 105. The number of esters is 2. The first-order valence-corrected chi connectivity index (χ1v) is 40.1. The van der Waals surface area contributed by atoms with E-state index in [0.29, 0.717) is 57.3 Å². The number of carbonyl (C=O) groups excluding carboxylic acids is 4. The number of hydrogen-bond acceptors (Lipinski definition) is 7. The minimum atomic E-state index is -1.08. The van der Waals surface area contributed by atoms with Crippen LogP contribution in [0.15, 0.2) is 285 Å². The van der Waals surface area contributed by atoms with Crippen molar-refractivity contribution in [2.75, 3.05) is 13.2 Å². The summed E-state index contributed by atoms with van der Waals surface area (Å²) in [5, 5.41) is 8.15. The summed E-state index contributed by atoms with van der Waals surface area (Å²) in [4.78, 5) is 42.1. The van der Waals surface area contributed by atoms with Gasteiger partial charge in [-0.1, -0.05) is 320 Å². The van der Waals surface area contributed by atoms with Crippen LogP contribution in [-0.2, 0) is 41.5 Å². The monoisotopic (exact) mass is 1570 g/mol. The maximum absolute atomic E-state index is 12.2. The lowest BCUT2D eigenvalue weighted by Crippen LogP contribution is -2.11. The number of hydrogen-bond donors (Lipinski definition) is 0. The number of unbranched alkanes of at least 4 members (excludes halogenated alkanes) is 8. The fourth-order valence-corrected chi connectivity index (χ4v) is 7.46. The first-order valence-electron chi connectivity index (χ1n) is 40.1. The van der Waals surface area contributed by atoms with Crippen molar-refractivity contribution in [3.05, 3.63) is 341 Å². The fourth-order valence-electron chi connectivity index (χ4n) is 7.46. The summed E-state index contributed by atoms with van der Waals surface area (Å²) in [6.07, 6.45) is 49.3. The first-order chi connectivity index (χ1) is 55.3. The van der Waals surface area contributed by atoms with Crippen LogP contribution in [0, 0.1) is 63.7 Å². The average molecular weight is 1570 g/mol. The smallest absolute Gasteiger partial charge is 0.305 e. The lowest BCUT2D eigenvalue weighted by Gasteiger charge is -2.03. The highest BCUT2D eigenvalue weighted by molar-refractivity contribution is 5.77. The normalized spacial score (nSPS) is 8.72. The third kappa shape index (κ3) is 114. The van der Waals surface area contributed by atoms with Crippen LogP contribution in [0.25, 0.3) is 24.3 Å². The van der Waals surface area contributed by atoms with Crippen molar-refractivity contribution in [2.45, 2.75) is 237 Å². The molecule has 0 fully saturated rings. The Balaban J connectivity index is -0.000000151. The van der Waals surface area contributed by atoms with E-state index in [0.717, 1.165) is 83.5 Å². The number of ketones is 2. The Morgan fingerprint density at radius 2 is 0.809 bits per heavy atom. The average Bonchev–Trinajstić information content (AvgIpc) is 0.954. The molecule has 7 nitrogen and oxygen atoms in total. The number of nitrogens with zero attached hydrogens (tertiary/aromatic N) is 1. The number of nitriles is 1. The zero-order chi connectivity index (χ0) is 89.0. The number of rotatable bonds is 32. The molecule has 0 spiro atoms. The van der Waals surface area contributed by atoms with Gasteiger partial charge in [-0.2, -0.15) is 5.26 Å². The van der Waals surface area contributed by atoms with E-state index < -0.39 is 6.17 Å². The van der Waals surface area contributed by atoms with Crippen LogP contribution in [0.4, 0.5) is 4.39 Å². The van der Waals surface area contributed by atoms with Crippen LogP contribution in [0.1, 0.15) is 246 Å². The summed E-state index contributed by atoms with van der Waals surface area (Å²) in [5.41, 5.74) is 12.8. The number of halogens is 1. The number of benzene rings is 6. The van der Waals surface area contributed by atoms with Gasteiger partial charge >= 0.3 is 11.9 Å². The highest BCUT2D eigenvalue weighted by atomic mass is 19.1. The van der Waals surface area contributed by atoms with Crippen LogP contribution in [0.3, 0.4) is 0 Å². The van der Waals surface area contributed by atoms with Crippen LogP contribution in [0.2, 0.25) is 0 Å². The number of alkyl halides is 1. The Labute approximate surface area is 704 Å². The molecule has 0 aromatic heterocycles. The molecule has 1 unspecified atom stereocenters. The molecule has 6 rings (SSSR count). The van der Waals surface area contributed by atoms with Gasteiger partial charge in [-0.3, -0.25) is 14.4 Å². The van der Waals surface area contributed by atoms with Gasteiger partial charge in [0.15, 0.2) is 0 Å². The molecule has 0 aliphatic rings. The quantitative estimate of drug-likeness (QED) is 0.0179. The Morgan fingerprint density at radius 1 is 0.435 bits per heavy atom. The standard InChI is InChI=1S/C9H15FO2.C9H16O2.C9H12.3C9H10.C8H13N.C8H10.C8H8.C7H12O.C6H8.C5H10O.C5H6.2C3H6/c1-3-4-5-6-9(11)12-7-8(2)10;1-3-5-6-7-9(10)11-8-4-2;2*1-3-9-6-4-8(2)5-7-9;2*1-3-9-6-4-5-8(2)7-9;1-2-3-4-5-6-7-8-9;2*1-2-8-6-4-3-5-7-8;1-3-4-5-6-7(2)8;1-3-5-6-4-2;1-3-5(6)4-2;1-3-5-4-2;2*1-3-2/h3,8H,1,4-7H2,2H3;3H,1,4-8H2,2H3;4-7H,3H2,1-2H3;3*3-7H,1H2,2H3;2H,1,3-7H2;3-7H,2H2,1H3;2-7H,1H2;3H,1,4-6H2,2H3;1,4H,2,5-6H2;3-4H2,1-2H3;1,4H,2,5H2;2*3H,1H2,2H3. The Bertz CT molecular complexity index is 3400. The lowest BCUT2D eigenvalue weighted by atomic mass is 10.1. The van der Waals surface area contributed by atoms with Crippen molar-refractivity contribution in [1.82, 2.24) is 0 Å². The molecule has 0 radical (unpaired) electrons. The van der Waals surface area contributed by atoms with Gasteiger partial charge in [-0.05, 0) is 172 Å². The van der Waals surface area contributed by atoms with Gasteiger partial charge in [-0.25, -0.2) is 4.39 Å². The number of terminal acetylenes is 2. The van der Waals surface area contributed by atoms with E-state index >= 15 is 0 Å². The van der Waals surface area contributed by atoms with E-state index in [1.807, 2.05) is 144 Å². The molecule has 115 heavy (non-hydrogen) atoms. The zero-order valence-corrected chi connectivity index (χ0v) is 73.9. The van der Waals surface area contributed by atoms with E-state index in [-0.39, 0.29) is 24.3 Å². The number of carbonyl (C=O) groups is 4. The maximum atomic E-state index is 12.2. The van der Waals surface area contributed by atoms with Crippen LogP contribution < -0.4 is 0 Å². The molecule has 0 aliphatic heterocycles. The Kier molecular flexibility index (Phi) is 112. The molecule has 0 saturated heterocycles. The van der Waals surface area contributed by atoms with Crippen molar-refractivity contribution < 1.29 is 33.0 Å². The maximum Gasteiger partial charge on any atom is 0.305 e. The first kappa shape index (κ1) is 122. The number of Topliss-reactive ketones (excluding diaryl/α,β-unsaturated/α-hetero) is 2. The molecule has 6 aromatic rings. The minimum absolute atomic E-state index is 0.0892. The summed E-state index contributed by atoms with van der Waals surface area (Å²) in [6.45, 7) is 68.1. The second-order valence-electron chi connectivity index (χ2n) is 24.9. The van der Waals surface area contributed by atoms with Gasteiger partial charge in [0, 0.05) is 51.4 Å². The van der Waals surface area contributed by atoms with Gasteiger partial charge in [0.2, 0.25) is 0 Å². The summed E-state index contributed by atoms with van der Waals surface area (Å²) in [7, 11) is 0. The minimum Gasteiger partial charge on any atom is -0.466 e. The third-order valence-electron chi connectivity index (χ3n) is 13.9. The van der Waals surface area contributed by atoms with E-state index in [4.69, 9.17) is 22.8 Å². The Morgan fingerprint density at radius 3 is 1.10 bits per heavy atom. The molecular weight excluding hydrogens is 1410 g/mol. The molecule has 0 N–H and O–H groups in total. The molecule has 6 aromatic carbocycles. The molecule has 628 valence electrons. The van der Waals surface area contributed by atoms with Crippen molar-refractivity contribution in [1.29, 1.82) is 5.26 Å². The van der Waals surface area contributed by atoms with Gasteiger partial charge in [0.05, 0.1) is 12.7 Å². The van der Waals surface area contributed by atoms with E-state index in [9.17, 15) is 23.6 Å². The van der Waals surface area contributed by atoms with Crippen molar-refractivity contribution in [3.8, 4) is 30.8 Å². The molecular formula is C107H152FNO6. The molecule has 0 bridgehead atoms. The number of ether oxygens (including phenoxy) is 2. The Hall–Kier alpha value is -11.0. The van der Waals surface area contributed by atoms with E-state index in [1.165, 1.54) is 75.4 Å². The summed E-state index contributed by atoms with van der Waals surface area (Å²) in [5.74, 6) is 5.09. The predicted octanol–water partition coefficient (Wildman–Crippen LogP) is 30.7. The second-order valence-corrected chi connectivity index (χ2v) is 24.9. The summed E-state index contributed by atoms with van der Waals surface area (Å²) >= 11 is 0. The molecule has 1 atom stereocenters. The highest BCUT2D eigenvalue weighted by Crippen LogP contribution is 2.08. The number of allylic oxidation sites excluding steroid dienone is 8. The van der Waals surface area contributed by atoms with Crippen LogP contribution in [-0.4, -0.2) is 42.9 Å². The molecule has 0 amide bonds. The highest BCUT2D eigenvalue weighted by Gasteiger charge is 2.05. The number of aryl methyl sites for hydroxylation is 6. The largest absolute Gasteiger partial charge is 0.466 e. The SMILES string of the molecule is C#CCC=C.C#CCCC=C.C=CC.C=CC.C=CCCCC(=O)OCC(C)F.C=CCCCC(=O)OCCC.C=CCCCC(C)=O.C=CCCCCCC#N.C=Cc1ccc(C)cc1.C=Cc1cccc(C)c1.C=Cc1cccc(C)c1.C=Cc1ccccc1.CCC(=O)CC.CCc1ccc(C)cc1.CCc1ccccc1. The van der Waals surface area contributed by atoms with Crippen LogP contribution >= 0.6 is 0 Å². The predicted molar refractivity (Wildman–Crippen MR) is 510 cm³/mol. The molecule has 8 heteroatoms. The molecule has 0 aliphatic carbocycles. The molecule has 0 heterocycles. The fraction of sp³-hybridized carbons (Fsp3) is 0.355. The van der Waals surface area contributed by atoms with Crippen molar-refractivity contribution in [2.24, 2.45) is 0 Å². The summed E-state index contributed by atoms with van der Waals surface area (Å²) < 4.78 is 21.6. The van der Waals surface area contributed by atoms with Crippen molar-refractivity contribution >= 4 is 47.8 Å². The summed E-state index contributed by atoms with van der Waals surface area (Å²) in [6, 6.07) is 56.0. The topological polar surface area (TPSA) is 111 Å². The molecule has 0 saturated carbocycles. The van der Waals surface area contributed by atoms with Gasteiger partial charge < -0.3 is 14.3 Å². The van der Waals surface area contributed by atoms with Crippen LogP contribution in [0.5, 0.6) is 0 Å². The third-order valence-corrected chi connectivity index (χ3v) is 13.9. The van der Waals surface area contributed by atoms with Crippen molar-refractivity contribution in [3.63, 3.8) is 0 Å². The van der Waals surface area contributed by atoms with Gasteiger partial charge in [0.1, 0.15) is 24.3 Å². The van der Waals surface area contributed by atoms with E-state index in [1.54, 1.807) is 31.2 Å². The van der Waals surface area contributed by atoms with Gasteiger partial charge in [0.25, 0.3) is 0 Å². The van der Waals surface area contributed by atoms with Gasteiger partial charge in [-0.15, -0.1) is 77.3 Å². The lowest BCUT2D eigenvalue weighted by molar-refractivity contribution is -0.145.